The summed E-state index contributed by atoms with van der Waals surface area (Å²) in [6, 6.07) is 0.452. The molecule has 1 unspecified atom stereocenters. The highest BCUT2D eigenvalue weighted by Gasteiger charge is 2.23. The van der Waals surface area contributed by atoms with E-state index < -0.39 is 0 Å². The molecule has 1 aliphatic rings. The lowest BCUT2D eigenvalue weighted by molar-refractivity contribution is 0.266. The highest BCUT2D eigenvalue weighted by molar-refractivity contribution is 5.24. The number of aromatic nitrogens is 2. The van der Waals surface area contributed by atoms with Crippen LogP contribution >= 0.6 is 0 Å². The zero-order valence-electron chi connectivity index (χ0n) is 10.8. The van der Waals surface area contributed by atoms with Crippen molar-refractivity contribution in [2.45, 2.75) is 45.7 Å². The van der Waals surface area contributed by atoms with Gasteiger partial charge in [0.2, 0.25) is 0 Å². The lowest BCUT2D eigenvalue weighted by atomic mass is 9.92. The van der Waals surface area contributed by atoms with E-state index in [1.165, 1.54) is 24.1 Å². The Kier molecular flexibility index (Phi) is 4.18. The van der Waals surface area contributed by atoms with Gasteiger partial charge in [0.1, 0.15) is 0 Å². The topological polar surface area (TPSA) is 50.1 Å². The Balaban J connectivity index is 2.09. The highest BCUT2D eigenvalue weighted by Crippen LogP contribution is 2.29. The van der Waals surface area contributed by atoms with Gasteiger partial charge in [-0.25, -0.2) is 0 Å². The number of aliphatic hydroxyl groups is 1. The summed E-state index contributed by atoms with van der Waals surface area (Å²) in [5, 5.41) is 17.0. The van der Waals surface area contributed by atoms with Crippen LogP contribution in [0.15, 0.2) is 6.20 Å². The molecule has 96 valence electrons. The SMILES string of the molecule is CC(C)CNC1CCCc2c1cnn2CCO. The van der Waals surface area contributed by atoms with Gasteiger partial charge in [0.25, 0.3) is 0 Å². The monoisotopic (exact) mass is 237 g/mol. The Morgan fingerprint density at radius 1 is 1.59 bits per heavy atom. The molecule has 1 aromatic heterocycles. The van der Waals surface area contributed by atoms with Crippen LogP contribution < -0.4 is 5.32 Å². The number of fused-ring (bicyclic) bond motifs is 1. The quantitative estimate of drug-likeness (QED) is 0.816. The molecule has 0 saturated heterocycles. The molecule has 17 heavy (non-hydrogen) atoms. The van der Waals surface area contributed by atoms with Crippen molar-refractivity contribution >= 4 is 0 Å². The van der Waals surface area contributed by atoms with Crippen molar-refractivity contribution in [1.29, 1.82) is 0 Å². The molecule has 4 nitrogen and oxygen atoms in total. The largest absolute Gasteiger partial charge is 0.394 e. The summed E-state index contributed by atoms with van der Waals surface area (Å²) in [5.41, 5.74) is 2.65. The summed E-state index contributed by atoms with van der Waals surface area (Å²) >= 11 is 0. The van der Waals surface area contributed by atoms with E-state index in [-0.39, 0.29) is 6.61 Å². The minimum atomic E-state index is 0.165. The Bertz CT molecular complexity index is 360. The van der Waals surface area contributed by atoms with Crippen LogP contribution in [0.5, 0.6) is 0 Å². The number of nitrogens with zero attached hydrogens (tertiary/aromatic N) is 2. The third-order valence-electron chi connectivity index (χ3n) is 3.35. The van der Waals surface area contributed by atoms with Gasteiger partial charge in [-0.1, -0.05) is 13.8 Å². The fraction of sp³-hybridized carbons (Fsp3) is 0.769. The zero-order chi connectivity index (χ0) is 12.3. The fourth-order valence-corrected chi connectivity index (χ4v) is 2.50. The lowest BCUT2D eigenvalue weighted by Gasteiger charge is -2.25. The van der Waals surface area contributed by atoms with Gasteiger partial charge in [0, 0.05) is 17.3 Å². The molecule has 1 aromatic rings. The van der Waals surface area contributed by atoms with Crippen molar-refractivity contribution in [1.82, 2.24) is 15.1 Å². The maximum absolute atomic E-state index is 9.01. The predicted molar refractivity (Wildman–Crippen MR) is 67.8 cm³/mol. The Morgan fingerprint density at radius 2 is 2.41 bits per heavy atom. The van der Waals surface area contributed by atoms with E-state index in [0.717, 1.165) is 13.0 Å². The van der Waals surface area contributed by atoms with E-state index >= 15 is 0 Å². The molecule has 1 atom stereocenters. The second-order valence-electron chi connectivity index (χ2n) is 5.24. The third-order valence-corrected chi connectivity index (χ3v) is 3.35. The van der Waals surface area contributed by atoms with Crippen molar-refractivity contribution in [3.05, 3.63) is 17.5 Å². The van der Waals surface area contributed by atoms with E-state index in [1.54, 1.807) is 0 Å². The summed E-state index contributed by atoms with van der Waals surface area (Å²) in [4.78, 5) is 0. The van der Waals surface area contributed by atoms with Crippen LogP contribution in [0.1, 0.15) is 44.0 Å². The molecular formula is C13H23N3O. The molecule has 0 spiro atoms. The van der Waals surface area contributed by atoms with Crippen LogP contribution in [0.3, 0.4) is 0 Å². The highest BCUT2D eigenvalue weighted by atomic mass is 16.3. The van der Waals surface area contributed by atoms with E-state index in [2.05, 4.69) is 24.3 Å². The molecule has 2 rings (SSSR count). The van der Waals surface area contributed by atoms with Gasteiger partial charge in [-0.05, 0) is 31.7 Å². The summed E-state index contributed by atoms with van der Waals surface area (Å²) in [6.45, 7) is 6.29. The predicted octanol–water partition coefficient (Wildman–Crippen LogP) is 1.50. The first-order valence-electron chi connectivity index (χ1n) is 6.61. The van der Waals surface area contributed by atoms with Crippen LogP contribution in [-0.2, 0) is 13.0 Å². The molecule has 0 aliphatic heterocycles. The Morgan fingerprint density at radius 3 is 3.12 bits per heavy atom. The number of nitrogens with one attached hydrogen (secondary N) is 1. The van der Waals surface area contributed by atoms with E-state index in [1.807, 2.05) is 10.9 Å². The summed E-state index contributed by atoms with van der Waals surface area (Å²) in [5.74, 6) is 0.674. The molecular weight excluding hydrogens is 214 g/mol. The maximum Gasteiger partial charge on any atom is 0.0644 e. The van der Waals surface area contributed by atoms with Gasteiger partial charge in [-0.15, -0.1) is 0 Å². The summed E-state index contributed by atoms with van der Waals surface area (Å²) in [7, 11) is 0. The first kappa shape index (κ1) is 12.6. The lowest BCUT2D eigenvalue weighted by Crippen LogP contribution is -2.28. The van der Waals surface area contributed by atoms with E-state index in [4.69, 9.17) is 5.11 Å². The summed E-state index contributed by atoms with van der Waals surface area (Å²) < 4.78 is 1.96. The number of aliphatic hydroxyl groups excluding tert-OH is 1. The molecule has 1 aliphatic carbocycles. The maximum atomic E-state index is 9.01. The average Bonchev–Trinajstić information content (AvgIpc) is 2.71. The van der Waals surface area contributed by atoms with Crippen LogP contribution in [0.2, 0.25) is 0 Å². The number of hydrogen-bond donors (Lipinski definition) is 2. The first-order chi connectivity index (χ1) is 8.22. The standard InChI is InChI=1S/C13H23N3O/c1-10(2)8-14-12-4-3-5-13-11(12)9-15-16(13)6-7-17/h9-10,12,14,17H,3-8H2,1-2H3. The minimum Gasteiger partial charge on any atom is -0.394 e. The van der Waals surface area contributed by atoms with Gasteiger partial charge >= 0.3 is 0 Å². The number of rotatable bonds is 5. The Labute approximate surface area is 103 Å². The normalized spacial score (nSPS) is 19.6. The molecule has 0 bridgehead atoms. The van der Waals surface area contributed by atoms with Gasteiger partial charge in [0.15, 0.2) is 0 Å². The van der Waals surface area contributed by atoms with Crippen LogP contribution in [0.25, 0.3) is 0 Å². The third kappa shape index (κ3) is 2.87. The molecule has 0 radical (unpaired) electrons. The van der Waals surface area contributed by atoms with Gasteiger partial charge in [-0.3, -0.25) is 4.68 Å². The second-order valence-corrected chi connectivity index (χ2v) is 5.24. The van der Waals surface area contributed by atoms with Crippen LogP contribution in [-0.4, -0.2) is 28.0 Å². The van der Waals surface area contributed by atoms with Crippen molar-refractivity contribution < 1.29 is 5.11 Å². The van der Waals surface area contributed by atoms with Gasteiger partial charge < -0.3 is 10.4 Å². The van der Waals surface area contributed by atoms with E-state index in [0.29, 0.717) is 18.5 Å². The second kappa shape index (κ2) is 5.65. The van der Waals surface area contributed by atoms with Crippen LogP contribution in [0, 0.1) is 5.92 Å². The molecule has 0 aromatic carbocycles. The molecule has 0 saturated carbocycles. The van der Waals surface area contributed by atoms with Gasteiger partial charge in [0.05, 0.1) is 19.3 Å². The van der Waals surface area contributed by atoms with Crippen molar-refractivity contribution in [3.63, 3.8) is 0 Å². The smallest absolute Gasteiger partial charge is 0.0644 e. The molecule has 0 amide bonds. The van der Waals surface area contributed by atoms with E-state index in [9.17, 15) is 0 Å². The fourth-order valence-electron chi connectivity index (χ4n) is 2.50. The molecule has 2 N–H and O–H groups in total. The first-order valence-corrected chi connectivity index (χ1v) is 6.61. The number of hydrogen-bond acceptors (Lipinski definition) is 3. The molecule has 1 heterocycles. The van der Waals surface area contributed by atoms with Crippen molar-refractivity contribution in [2.75, 3.05) is 13.2 Å². The molecule has 4 heteroatoms. The van der Waals surface area contributed by atoms with Crippen LogP contribution in [0.4, 0.5) is 0 Å². The average molecular weight is 237 g/mol. The van der Waals surface area contributed by atoms with Gasteiger partial charge in [-0.2, -0.15) is 5.10 Å². The van der Waals surface area contributed by atoms with Crippen molar-refractivity contribution in [2.24, 2.45) is 5.92 Å². The zero-order valence-corrected chi connectivity index (χ0v) is 10.8. The van der Waals surface area contributed by atoms with Crippen molar-refractivity contribution in [3.8, 4) is 0 Å². The molecule has 0 fully saturated rings. The Hall–Kier alpha value is -0.870. The summed E-state index contributed by atoms with van der Waals surface area (Å²) in [6.07, 6.45) is 5.47. The minimum absolute atomic E-state index is 0.165.